The number of rotatable bonds is 7. The zero-order valence-corrected chi connectivity index (χ0v) is 13.5. The number of hydrogen-bond acceptors (Lipinski definition) is 4. The number of nitrogens with zero attached hydrogens (tertiary/aromatic N) is 2. The third-order valence-corrected chi connectivity index (χ3v) is 3.06. The molecule has 0 aliphatic carbocycles. The summed E-state index contributed by atoms with van der Waals surface area (Å²) in [6, 6.07) is 5.80. The minimum atomic E-state index is 0.638. The Morgan fingerprint density at radius 1 is 1.24 bits per heavy atom. The molecule has 0 saturated heterocycles. The number of benzene rings is 1. The largest absolute Gasteiger partial charge is 0.497 e. The van der Waals surface area contributed by atoms with Crippen LogP contribution in [-0.2, 0) is 11.3 Å². The topological polar surface area (TPSA) is 55.3 Å². The lowest BCUT2D eigenvalue weighted by molar-refractivity contribution is 0.203. The quantitative estimate of drug-likeness (QED) is 0.467. The summed E-state index contributed by atoms with van der Waals surface area (Å²) in [6.45, 7) is 2.03. The van der Waals surface area contributed by atoms with Crippen LogP contribution >= 0.6 is 0 Å². The average Bonchev–Trinajstić information content (AvgIpc) is 2.51. The fraction of sp³-hybridized carbons (Fsp3) is 0.533. The lowest BCUT2D eigenvalue weighted by Crippen LogP contribution is -2.39. The molecule has 0 bridgehead atoms. The molecule has 1 aromatic rings. The molecular weight excluding hydrogens is 270 g/mol. The number of nitrogens with one attached hydrogen (secondary N) is 1. The maximum absolute atomic E-state index is 5.41. The van der Waals surface area contributed by atoms with E-state index in [0.29, 0.717) is 19.7 Å². The monoisotopic (exact) mass is 295 g/mol. The van der Waals surface area contributed by atoms with Crippen molar-refractivity contribution in [3.8, 4) is 11.5 Å². The second kappa shape index (κ2) is 9.07. The molecule has 0 radical (unpaired) electrons. The summed E-state index contributed by atoms with van der Waals surface area (Å²) in [7, 11) is 8.71. The molecule has 0 saturated carbocycles. The molecule has 1 rings (SSSR count). The molecule has 118 valence electrons. The van der Waals surface area contributed by atoms with Crippen molar-refractivity contribution in [2.45, 2.75) is 6.54 Å². The Bertz CT molecular complexity index is 463. The smallest absolute Gasteiger partial charge is 0.193 e. The normalized spacial score (nSPS) is 11.2. The van der Waals surface area contributed by atoms with E-state index in [1.165, 1.54) is 0 Å². The second-order valence-electron chi connectivity index (χ2n) is 4.50. The summed E-state index contributed by atoms with van der Waals surface area (Å²) in [4.78, 5) is 6.28. The van der Waals surface area contributed by atoms with E-state index in [0.717, 1.165) is 23.0 Å². The molecule has 21 heavy (non-hydrogen) atoms. The van der Waals surface area contributed by atoms with Gasteiger partial charge in [0.25, 0.3) is 0 Å². The van der Waals surface area contributed by atoms with Gasteiger partial charge in [0.2, 0.25) is 0 Å². The highest BCUT2D eigenvalue weighted by molar-refractivity contribution is 5.79. The van der Waals surface area contributed by atoms with Gasteiger partial charge in [-0.2, -0.15) is 0 Å². The number of aliphatic imine (C=N–C) groups is 1. The highest BCUT2D eigenvalue weighted by Gasteiger charge is 2.10. The lowest BCUT2D eigenvalue weighted by Gasteiger charge is -2.23. The molecule has 0 fully saturated rings. The highest BCUT2D eigenvalue weighted by Crippen LogP contribution is 2.25. The average molecular weight is 295 g/mol. The van der Waals surface area contributed by atoms with Crippen LogP contribution in [0.15, 0.2) is 23.2 Å². The molecule has 6 heteroatoms. The third-order valence-electron chi connectivity index (χ3n) is 3.06. The summed E-state index contributed by atoms with van der Waals surface area (Å²) in [5.74, 6) is 2.39. The predicted octanol–water partition coefficient (Wildman–Crippen LogP) is 1.36. The lowest BCUT2D eigenvalue weighted by atomic mass is 10.2. The van der Waals surface area contributed by atoms with Crippen molar-refractivity contribution in [3.05, 3.63) is 23.8 Å². The van der Waals surface area contributed by atoms with Gasteiger partial charge in [-0.25, -0.2) is 0 Å². The van der Waals surface area contributed by atoms with Crippen LogP contribution in [0.5, 0.6) is 11.5 Å². The van der Waals surface area contributed by atoms with E-state index in [1.54, 1.807) is 28.4 Å². The first-order valence-electron chi connectivity index (χ1n) is 6.77. The Morgan fingerprint density at radius 2 is 2.00 bits per heavy atom. The van der Waals surface area contributed by atoms with Crippen molar-refractivity contribution in [1.82, 2.24) is 10.2 Å². The van der Waals surface area contributed by atoms with Crippen molar-refractivity contribution in [2.24, 2.45) is 4.99 Å². The first-order valence-corrected chi connectivity index (χ1v) is 6.77. The summed E-state index contributed by atoms with van der Waals surface area (Å²) < 4.78 is 15.6. The zero-order valence-electron chi connectivity index (χ0n) is 13.5. The summed E-state index contributed by atoms with van der Waals surface area (Å²) in [5, 5.41) is 3.24. The Kier molecular flexibility index (Phi) is 7.39. The Morgan fingerprint density at radius 3 is 2.57 bits per heavy atom. The van der Waals surface area contributed by atoms with Crippen molar-refractivity contribution < 1.29 is 14.2 Å². The first-order chi connectivity index (χ1) is 10.2. The summed E-state index contributed by atoms with van der Waals surface area (Å²) in [5.41, 5.74) is 1.07. The summed E-state index contributed by atoms with van der Waals surface area (Å²) in [6.07, 6.45) is 0. The molecule has 0 amide bonds. The fourth-order valence-corrected chi connectivity index (χ4v) is 1.96. The molecule has 6 nitrogen and oxygen atoms in total. The van der Waals surface area contributed by atoms with Crippen LogP contribution in [0.25, 0.3) is 0 Å². The molecule has 0 aliphatic heterocycles. The Hall–Kier alpha value is -1.95. The molecule has 0 aliphatic rings. The molecular formula is C15H25N3O3. The minimum absolute atomic E-state index is 0.638. The van der Waals surface area contributed by atoms with Gasteiger partial charge in [-0.1, -0.05) is 0 Å². The van der Waals surface area contributed by atoms with Gasteiger partial charge < -0.3 is 24.4 Å². The molecule has 0 heterocycles. The molecule has 0 spiro atoms. The van der Waals surface area contributed by atoms with Gasteiger partial charge in [0, 0.05) is 45.9 Å². The van der Waals surface area contributed by atoms with Crippen molar-refractivity contribution in [2.75, 3.05) is 48.6 Å². The van der Waals surface area contributed by atoms with E-state index in [1.807, 2.05) is 30.1 Å². The van der Waals surface area contributed by atoms with E-state index >= 15 is 0 Å². The number of hydrogen-bond donors (Lipinski definition) is 1. The number of methoxy groups -OCH3 is 3. The molecule has 1 aromatic carbocycles. The van der Waals surface area contributed by atoms with Gasteiger partial charge in [0.05, 0.1) is 20.8 Å². The third kappa shape index (κ3) is 5.15. The number of ether oxygens (including phenoxy) is 3. The van der Waals surface area contributed by atoms with Crippen molar-refractivity contribution >= 4 is 5.96 Å². The van der Waals surface area contributed by atoms with Crippen LogP contribution in [0.2, 0.25) is 0 Å². The van der Waals surface area contributed by atoms with Crippen LogP contribution in [-0.4, -0.2) is 59.4 Å². The predicted molar refractivity (Wildman–Crippen MR) is 84.3 cm³/mol. The van der Waals surface area contributed by atoms with E-state index < -0.39 is 0 Å². The van der Waals surface area contributed by atoms with E-state index in [-0.39, 0.29) is 0 Å². The van der Waals surface area contributed by atoms with Crippen LogP contribution in [0, 0.1) is 0 Å². The molecule has 1 N–H and O–H groups in total. The van der Waals surface area contributed by atoms with Crippen molar-refractivity contribution in [1.29, 1.82) is 0 Å². The summed E-state index contributed by atoms with van der Waals surface area (Å²) >= 11 is 0. The maximum Gasteiger partial charge on any atom is 0.193 e. The van der Waals surface area contributed by atoms with Gasteiger partial charge in [-0.15, -0.1) is 0 Å². The SMILES string of the molecule is CN=C(NCCOC)N(C)Cc1ccc(OC)cc1OC. The molecule has 0 unspecified atom stereocenters. The van der Waals surface area contributed by atoms with Crippen LogP contribution in [0.3, 0.4) is 0 Å². The highest BCUT2D eigenvalue weighted by atomic mass is 16.5. The Labute approximate surface area is 126 Å². The second-order valence-corrected chi connectivity index (χ2v) is 4.50. The molecule has 0 atom stereocenters. The van der Waals surface area contributed by atoms with E-state index in [9.17, 15) is 0 Å². The van der Waals surface area contributed by atoms with Crippen LogP contribution in [0.1, 0.15) is 5.56 Å². The fourth-order valence-electron chi connectivity index (χ4n) is 1.96. The zero-order chi connectivity index (χ0) is 15.7. The number of guanidine groups is 1. The van der Waals surface area contributed by atoms with E-state index in [4.69, 9.17) is 14.2 Å². The van der Waals surface area contributed by atoms with Gasteiger partial charge >= 0.3 is 0 Å². The van der Waals surface area contributed by atoms with E-state index in [2.05, 4.69) is 10.3 Å². The standard InChI is InChI=1S/C15H25N3O3/c1-16-15(17-8-9-19-3)18(2)11-12-6-7-13(20-4)10-14(12)21-5/h6-7,10H,8-9,11H2,1-5H3,(H,16,17). The van der Waals surface area contributed by atoms with Crippen molar-refractivity contribution in [3.63, 3.8) is 0 Å². The van der Waals surface area contributed by atoms with Gasteiger partial charge in [0.15, 0.2) is 5.96 Å². The maximum atomic E-state index is 5.41. The first kappa shape index (κ1) is 17.1. The van der Waals surface area contributed by atoms with Crippen LogP contribution in [0.4, 0.5) is 0 Å². The van der Waals surface area contributed by atoms with Gasteiger partial charge in [-0.05, 0) is 12.1 Å². The molecule has 0 aromatic heterocycles. The Balaban J connectivity index is 2.74. The van der Waals surface area contributed by atoms with Crippen LogP contribution < -0.4 is 14.8 Å². The van der Waals surface area contributed by atoms with Gasteiger partial charge in [-0.3, -0.25) is 4.99 Å². The minimum Gasteiger partial charge on any atom is -0.497 e. The van der Waals surface area contributed by atoms with Gasteiger partial charge in [0.1, 0.15) is 11.5 Å².